The Morgan fingerprint density at radius 3 is 2.76 bits per heavy atom. The van der Waals surface area contributed by atoms with E-state index in [1.807, 2.05) is 0 Å². The number of ether oxygens (including phenoxy) is 1. The second-order valence-electron chi connectivity index (χ2n) is 3.97. The lowest BCUT2D eigenvalue weighted by molar-refractivity contribution is -0.0885. The van der Waals surface area contributed by atoms with Crippen molar-refractivity contribution >= 4 is 11.6 Å². The van der Waals surface area contributed by atoms with Crippen LogP contribution in [0.1, 0.15) is 13.3 Å². The molecule has 0 aromatic rings. The van der Waals surface area contributed by atoms with Crippen LogP contribution >= 0.6 is 11.6 Å². The first kappa shape index (κ1) is 14.5. The molecule has 0 radical (unpaired) electrons. The van der Waals surface area contributed by atoms with Crippen LogP contribution < -0.4 is 5.73 Å². The monoisotopic (exact) mass is 269 g/mol. The third kappa shape index (κ3) is 4.33. The molecule has 0 heterocycles. The molecule has 0 aromatic heterocycles. The summed E-state index contributed by atoms with van der Waals surface area (Å²) in [7, 11) is 0. The first-order valence-corrected chi connectivity index (χ1v) is 5.80. The van der Waals surface area contributed by atoms with Crippen molar-refractivity contribution in [3.63, 3.8) is 0 Å². The highest BCUT2D eigenvalue weighted by molar-refractivity contribution is 6.18. The van der Waals surface area contributed by atoms with Crippen molar-refractivity contribution in [2.75, 3.05) is 5.88 Å². The summed E-state index contributed by atoms with van der Waals surface area (Å²) in [5.41, 5.74) is 5.05. The standard InChI is InChI=1S/C11H15ClF3NO/c1-7(6-12)17-10-5-3-8(11(13,14)15)2-4-9(10)16/h2-4,7,9-10H,5-6,16H2,1H3. The van der Waals surface area contributed by atoms with Gasteiger partial charge in [-0.3, -0.25) is 0 Å². The normalized spacial score (nSPS) is 27.5. The zero-order chi connectivity index (χ0) is 13.1. The van der Waals surface area contributed by atoms with Crippen LogP contribution in [-0.4, -0.2) is 30.3 Å². The fourth-order valence-corrected chi connectivity index (χ4v) is 1.57. The quantitative estimate of drug-likeness (QED) is 0.800. The van der Waals surface area contributed by atoms with E-state index in [0.717, 1.165) is 12.2 Å². The fourth-order valence-electron chi connectivity index (χ4n) is 1.50. The van der Waals surface area contributed by atoms with E-state index in [4.69, 9.17) is 22.1 Å². The Hall–Kier alpha value is -0.520. The first-order chi connectivity index (χ1) is 7.84. The van der Waals surface area contributed by atoms with Crippen molar-refractivity contribution in [3.8, 4) is 0 Å². The zero-order valence-corrected chi connectivity index (χ0v) is 10.1. The third-order valence-corrected chi connectivity index (χ3v) is 2.88. The molecule has 0 spiro atoms. The molecule has 0 fully saturated rings. The van der Waals surface area contributed by atoms with Crippen molar-refractivity contribution < 1.29 is 17.9 Å². The summed E-state index contributed by atoms with van der Waals surface area (Å²) in [4.78, 5) is 0. The van der Waals surface area contributed by atoms with Gasteiger partial charge in [0.05, 0.1) is 17.8 Å². The molecule has 0 saturated carbocycles. The molecule has 0 saturated heterocycles. The van der Waals surface area contributed by atoms with Crippen molar-refractivity contribution in [1.82, 2.24) is 0 Å². The maximum absolute atomic E-state index is 12.5. The minimum Gasteiger partial charge on any atom is -0.372 e. The van der Waals surface area contributed by atoms with Gasteiger partial charge < -0.3 is 10.5 Å². The van der Waals surface area contributed by atoms with Gasteiger partial charge >= 0.3 is 6.18 Å². The molecule has 1 aliphatic carbocycles. The van der Waals surface area contributed by atoms with Crippen LogP contribution in [0.15, 0.2) is 23.8 Å². The van der Waals surface area contributed by atoms with Gasteiger partial charge in [0.25, 0.3) is 0 Å². The second-order valence-corrected chi connectivity index (χ2v) is 4.28. The van der Waals surface area contributed by atoms with Gasteiger partial charge in [0.15, 0.2) is 0 Å². The molecule has 2 nitrogen and oxygen atoms in total. The van der Waals surface area contributed by atoms with Gasteiger partial charge in [0, 0.05) is 11.9 Å². The predicted octanol–water partition coefficient (Wildman–Crippen LogP) is 2.77. The molecule has 98 valence electrons. The summed E-state index contributed by atoms with van der Waals surface area (Å²) in [5, 5.41) is 0. The number of halogens is 4. The fraction of sp³-hybridized carbons (Fsp3) is 0.636. The summed E-state index contributed by atoms with van der Waals surface area (Å²) >= 11 is 5.58. The van der Waals surface area contributed by atoms with Crippen molar-refractivity contribution in [3.05, 3.63) is 23.8 Å². The van der Waals surface area contributed by atoms with Crippen molar-refractivity contribution in [1.29, 1.82) is 0 Å². The summed E-state index contributed by atoms with van der Waals surface area (Å²) in [6.07, 6.45) is -1.50. The van der Waals surface area contributed by atoms with Crippen molar-refractivity contribution in [2.45, 2.75) is 37.8 Å². The lowest BCUT2D eigenvalue weighted by atomic mass is 10.1. The van der Waals surface area contributed by atoms with Gasteiger partial charge in [0.1, 0.15) is 0 Å². The largest absolute Gasteiger partial charge is 0.416 e. The Kier molecular flexibility index (Phi) is 5.04. The van der Waals surface area contributed by atoms with Crippen molar-refractivity contribution in [2.24, 2.45) is 5.73 Å². The number of allylic oxidation sites excluding steroid dienone is 2. The highest BCUT2D eigenvalue weighted by atomic mass is 35.5. The summed E-state index contributed by atoms with van der Waals surface area (Å²) in [6.45, 7) is 1.75. The van der Waals surface area contributed by atoms with Crippen LogP contribution in [-0.2, 0) is 4.74 Å². The number of hydrogen-bond acceptors (Lipinski definition) is 2. The van der Waals surface area contributed by atoms with Crippen LogP contribution in [0.4, 0.5) is 13.2 Å². The topological polar surface area (TPSA) is 35.2 Å². The van der Waals surface area contributed by atoms with Crippen LogP contribution in [0.5, 0.6) is 0 Å². The van der Waals surface area contributed by atoms with E-state index >= 15 is 0 Å². The van der Waals surface area contributed by atoms with E-state index in [1.54, 1.807) is 6.92 Å². The SMILES string of the molecule is CC(CCl)OC1CC=C(C(F)(F)F)C=CC1N. The number of nitrogens with two attached hydrogens (primary N) is 1. The Morgan fingerprint density at radius 2 is 2.24 bits per heavy atom. The lowest BCUT2D eigenvalue weighted by Crippen LogP contribution is -2.37. The van der Waals surface area contributed by atoms with E-state index in [0.29, 0.717) is 0 Å². The number of hydrogen-bond donors (Lipinski definition) is 1. The number of rotatable bonds is 3. The Bertz CT molecular complexity index is 314. The molecule has 0 amide bonds. The average Bonchev–Trinajstić information content (AvgIpc) is 2.41. The predicted molar refractivity (Wildman–Crippen MR) is 60.9 cm³/mol. The van der Waals surface area contributed by atoms with Gasteiger partial charge in [0.2, 0.25) is 0 Å². The Labute approximate surface area is 103 Å². The highest BCUT2D eigenvalue weighted by Gasteiger charge is 2.33. The van der Waals surface area contributed by atoms with E-state index in [9.17, 15) is 13.2 Å². The lowest BCUT2D eigenvalue weighted by Gasteiger charge is -2.23. The Morgan fingerprint density at radius 1 is 1.59 bits per heavy atom. The molecule has 3 unspecified atom stereocenters. The zero-order valence-electron chi connectivity index (χ0n) is 9.38. The van der Waals surface area contributed by atoms with Gasteiger partial charge in [-0.1, -0.05) is 18.2 Å². The Balaban J connectivity index is 2.74. The van der Waals surface area contributed by atoms with Crippen LogP contribution in [0.25, 0.3) is 0 Å². The third-order valence-electron chi connectivity index (χ3n) is 2.45. The molecule has 3 atom stereocenters. The van der Waals surface area contributed by atoms with Gasteiger partial charge in [-0.2, -0.15) is 13.2 Å². The van der Waals surface area contributed by atoms with Gasteiger partial charge in [-0.05, 0) is 13.3 Å². The van der Waals surface area contributed by atoms with Gasteiger partial charge in [-0.25, -0.2) is 0 Å². The summed E-state index contributed by atoms with van der Waals surface area (Å²) < 4.78 is 42.9. The molecule has 0 aromatic carbocycles. The molecular formula is C11H15ClF3NO. The maximum Gasteiger partial charge on any atom is 0.416 e. The first-order valence-electron chi connectivity index (χ1n) is 5.27. The van der Waals surface area contributed by atoms with Crippen LogP contribution in [0.2, 0.25) is 0 Å². The molecule has 0 bridgehead atoms. The number of alkyl halides is 4. The molecule has 0 aliphatic heterocycles. The van der Waals surface area contributed by atoms with E-state index < -0.39 is 23.9 Å². The summed E-state index contributed by atoms with van der Waals surface area (Å²) in [6, 6.07) is -0.559. The molecule has 17 heavy (non-hydrogen) atoms. The minimum atomic E-state index is -4.34. The van der Waals surface area contributed by atoms with Crippen LogP contribution in [0, 0.1) is 0 Å². The van der Waals surface area contributed by atoms with E-state index in [1.165, 1.54) is 6.08 Å². The molecule has 6 heteroatoms. The van der Waals surface area contributed by atoms with E-state index in [2.05, 4.69) is 0 Å². The minimum absolute atomic E-state index is 0.129. The highest BCUT2D eigenvalue weighted by Crippen LogP contribution is 2.29. The molecule has 2 N–H and O–H groups in total. The molecule has 1 rings (SSSR count). The second kappa shape index (κ2) is 5.89. The molecular weight excluding hydrogens is 255 g/mol. The van der Waals surface area contributed by atoms with Crippen LogP contribution in [0.3, 0.4) is 0 Å². The molecule has 1 aliphatic rings. The van der Waals surface area contributed by atoms with Gasteiger partial charge in [-0.15, -0.1) is 11.6 Å². The summed E-state index contributed by atoms with van der Waals surface area (Å²) in [5.74, 6) is 0.281. The maximum atomic E-state index is 12.5. The van der Waals surface area contributed by atoms with E-state index in [-0.39, 0.29) is 18.4 Å². The smallest absolute Gasteiger partial charge is 0.372 e. The average molecular weight is 270 g/mol.